The van der Waals surface area contributed by atoms with Crippen LogP contribution in [0.3, 0.4) is 0 Å². The molecule has 0 spiro atoms. The number of rotatable bonds is 6. The molecule has 3 nitrogen and oxygen atoms in total. The summed E-state index contributed by atoms with van der Waals surface area (Å²) in [6.45, 7) is 11.0. The van der Waals surface area contributed by atoms with E-state index >= 15 is 0 Å². The molecule has 4 aliphatic rings. The maximum absolute atomic E-state index is 6.45. The summed E-state index contributed by atoms with van der Waals surface area (Å²) in [5.74, 6) is 5.61. The van der Waals surface area contributed by atoms with Crippen molar-refractivity contribution in [2.75, 3.05) is 11.5 Å². The maximum Gasteiger partial charge on any atom is 0.0722 e. The zero-order valence-corrected chi connectivity index (χ0v) is 22.3. The topological polar surface area (TPSA) is 61.3 Å². The fourth-order valence-electron chi connectivity index (χ4n) is 10.0. The van der Waals surface area contributed by atoms with Gasteiger partial charge in [0.15, 0.2) is 0 Å². The second kappa shape index (κ2) is 9.34. The first kappa shape index (κ1) is 24.5. The Morgan fingerprint density at radius 1 is 0.912 bits per heavy atom. The monoisotopic (exact) mass is 466 g/mol. The van der Waals surface area contributed by atoms with Gasteiger partial charge in [0.05, 0.1) is 12.7 Å². The van der Waals surface area contributed by atoms with Crippen LogP contribution in [0.4, 0.5) is 11.4 Å². The summed E-state index contributed by atoms with van der Waals surface area (Å²) in [6.07, 6.45) is 15.8. The van der Waals surface area contributed by atoms with Gasteiger partial charge < -0.3 is 16.2 Å². The van der Waals surface area contributed by atoms with Crippen LogP contribution in [-0.4, -0.2) is 6.10 Å². The van der Waals surface area contributed by atoms with Gasteiger partial charge in [0.25, 0.3) is 0 Å². The van der Waals surface area contributed by atoms with Gasteiger partial charge in [-0.1, -0.05) is 40.5 Å². The van der Waals surface area contributed by atoms with Crippen molar-refractivity contribution < 1.29 is 4.74 Å². The number of ether oxygens (including phenoxy) is 1. The van der Waals surface area contributed by atoms with E-state index in [4.69, 9.17) is 16.2 Å². The van der Waals surface area contributed by atoms with Crippen LogP contribution in [0.25, 0.3) is 0 Å². The van der Waals surface area contributed by atoms with Crippen LogP contribution in [0.2, 0.25) is 0 Å². The quantitative estimate of drug-likeness (QED) is 0.420. The molecule has 3 heteroatoms. The number of hydrogen-bond acceptors (Lipinski definition) is 3. The number of hydrogen-bond donors (Lipinski definition) is 2. The van der Waals surface area contributed by atoms with Gasteiger partial charge in [0, 0.05) is 11.4 Å². The maximum atomic E-state index is 6.45. The number of nitrogen functional groups attached to an aromatic ring is 2. The molecule has 0 saturated heterocycles. The third kappa shape index (κ3) is 4.18. The predicted molar refractivity (Wildman–Crippen MR) is 143 cm³/mol. The molecule has 0 heterocycles. The van der Waals surface area contributed by atoms with Crippen molar-refractivity contribution >= 4 is 11.4 Å². The lowest BCUT2D eigenvalue weighted by molar-refractivity contribution is -0.138. The standard InChI is InChI=1S/C31H50N2O/c1-5-6-20(2)27-9-10-28-26-8-7-22-17-25(34-19-21-15-23(32)18-24(33)16-21)11-13-30(22,3)29(26)12-14-31(27,28)4/h15-16,18,20,22,25-29H,5-14,17,19,32-33H2,1-4H3/t20?,22?,25?,26-,27+,28-,29-,30-,31+/m0/s1. The average Bonchev–Trinajstić information content (AvgIpc) is 3.14. The fourth-order valence-corrected chi connectivity index (χ4v) is 10.0. The number of anilines is 2. The van der Waals surface area contributed by atoms with E-state index in [9.17, 15) is 0 Å². The van der Waals surface area contributed by atoms with Crippen LogP contribution in [0.1, 0.15) is 104 Å². The second-order valence-corrected chi connectivity index (χ2v) is 13.4. The molecule has 4 N–H and O–H groups in total. The summed E-state index contributed by atoms with van der Waals surface area (Å²) in [5.41, 5.74) is 15.7. The molecule has 1 aromatic rings. The van der Waals surface area contributed by atoms with Crippen molar-refractivity contribution in [3.05, 3.63) is 23.8 Å². The van der Waals surface area contributed by atoms with Gasteiger partial charge in [-0.05, 0) is 128 Å². The Hall–Kier alpha value is -1.22. The highest BCUT2D eigenvalue weighted by Crippen LogP contribution is 2.68. The number of fused-ring (bicyclic) bond motifs is 5. The first-order valence-electron chi connectivity index (χ1n) is 14.5. The molecule has 4 saturated carbocycles. The number of nitrogens with two attached hydrogens (primary N) is 2. The normalized spacial score (nSPS) is 42.5. The summed E-state index contributed by atoms with van der Waals surface area (Å²) < 4.78 is 6.45. The molecule has 190 valence electrons. The highest BCUT2D eigenvalue weighted by Gasteiger charge is 2.60. The van der Waals surface area contributed by atoms with Crippen molar-refractivity contribution in [2.45, 2.75) is 111 Å². The van der Waals surface area contributed by atoms with Crippen molar-refractivity contribution in [3.8, 4) is 0 Å². The summed E-state index contributed by atoms with van der Waals surface area (Å²) in [4.78, 5) is 0. The molecule has 5 rings (SSSR count). The third-order valence-corrected chi connectivity index (χ3v) is 11.6. The Kier molecular flexibility index (Phi) is 6.72. The lowest BCUT2D eigenvalue weighted by atomic mass is 9.44. The zero-order chi connectivity index (χ0) is 24.1. The zero-order valence-electron chi connectivity index (χ0n) is 22.3. The predicted octanol–water partition coefficient (Wildman–Crippen LogP) is 7.83. The van der Waals surface area contributed by atoms with Crippen molar-refractivity contribution in [2.24, 2.45) is 46.3 Å². The molecule has 4 fully saturated rings. The Morgan fingerprint density at radius 2 is 1.62 bits per heavy atom. The van der Waals surface area contributed by atoms with E-state index in [1.165, 1.54) is 70.6 Å². The van der Waals surface area contributed by atoms with Crippen LogP contribution < -0.4 is 11.5 Å². The van der Waals surface area contributed by atoms with E-state index in [1.807, 2.05) is 18.2 Å². The summed E-state index contributed by atoms with van der Waals surface area (Å²) in [7, 11) is 0. The number of benzene rings is 1. The summed E-state index contributed by atoms with van der Waals surface area (Å²) in [6, 6.07) is 5.83. The highest BCUT2D eigenvalue weighted by atomic mass is 16.5. The minimum Gasteiger partial charge on any atom is -0.399 e. The SMILES string of the molecule is CCCC(C)[C@H]1CC[C@H]2[C@@H]3CCC4CC(OCc5cc(N)cc(N)c5)CC[C@]4(C)[C@H]3CC[C@]12C. The molecule has 0 aliphatic heterocycles. The Bertz CT molecular complexity index is 849. The van der Waals surface area contributed by atoms with Gasteiger partial charge in [-0.15, -0.1) is 0 Å². The Balaban J connectivity index is 1.24. The summed E-state index contributed by atoms with van der Waals surface area (Å²) >= 11 is 0. The first-order chi connectivity index (χ1) is 16.2. The van der Waals surface area contributed by atoms with Gasteiger partial charge in [0.1, 0.15) is 0 Å². The van der Waals surface area contributed by atoms with E-state index in [0.29, 0.717) is 23.5 Å². The molecule has 4 aliphatic carbocycles. The third-order valence-electron chi connectivity index (χ3n) is 11.6. The van der Waals surface area contributed by atoms with Gasteiger partial charge in [-0.3, -0.25) is 0 Å². The molecule has 0 radical (unpaired) electrons. The molecule has 0 bridgehead atoms. The van der Waals surface area contributed by atoms with E-state index in [1.54, 1.807) is 0 Å². The molecule has 34 heavy (non-hydrogen) atoms. The molecule has 0 amide bonds. The molecule has 0 aromatic heterocycles. The lowest BCUT2D eigenvalue weighted by Crippen LogP contribution is -2.54. The smallest absolute Gasteiger partial charge is 0.0722 e. The highest BCUT2D eigenvalue weighted by molar-refractivity contribution is 5.54. The minimum atomic E-state index is 0.386. The van der Waals surface area contributed by atoms with E-state index in [-0.39, 0.29) is 0 Å². The molecular weight excluding hydrogens is 416 g/mol. The first-order valence-corrected chi connectivity index (χ1v) is 14.5. The van der Waals surface area contributed by atoms with Crippen LogP contribution >= 0.6 is 0 Å². The van der Waals surface area contributed by atoms with Crippen LogP contribution in [0, 0.1) is 46.3 Å². The van der Waals surface area contributed by atoms with Crippen LogP contribution in [0.5, 0.6) is 0 Å². The van der Waals surface area contributed by atoms with Crippen molar-refractivity contribution in [3.63, 3.8) is 0 Å². The molecule has 1 aromatic carbocycles. The van der Waals surface area contributed by atoms with Gasteiger partial charge in [0.2, 0.25) is 0 Å². The second-order valence-electron chi connectivity index (χ2n) is 13.4. The molecular formula is C31H50N2O. The molecule has 3 unspecified atom stereocenters. The van der Waals surface area contributed by atoms with Gasteiger partial charge >= 0.3 is 0 Å². The van der Waals surface area contributed by atoms with Crippen molar-refractivity contribution in [1.82, 2.24) is 0 Å². The fraction of sp³-hybridized carbons (Fsp3) is 0.806. The molecule has 9 atom stereocenters. The van der Waals surface area contributed by atoms with Crippen LogP contribution in [0.15, 0.2) is 18.2 Å². The van der Waals surface area contributed by atoms with Crippen molar-refractivity contribution in [1.29, 1.82) is 0 Å². The van der Waals surface area contributed by atoms with Gasteiger partial charge in [-0.25, -0.2) is 0 Å². The minimum absolute atomic E-state index is 0.386. The Morgan fingerprint density at radius 3 is 2.35 bits per heavy atom. The Labute approximate surface area is 208 Å². The van der Waals surface area contributed by atoms with E-state index < -0.39 is 0 Å². The van der Waals surface area contributed by atoms with Gasteiger partial charge in [-0.2, -0.15) is 0 Å². The average molecular weight is 467 g/mol. The van der Waals surface area contributed by atoms with Crippen LogP contribution in [-0.2, 0) is 11.3 Å². The largest absolute Gasteiger partial charge is 0.399 e. The van der Waals surface area contributed by atoms with E-state index in [0.717, 1.165) is 52.4 Å². The lowest BCUT2D eigenvalue weighted by Gasteiger charge is -2.61. The summed E-state index contributed by atoms with van der Waals surface area (Å²) in [5, 5.41) is 0. The van der Waals surface area contributed by atoms with E-state index in [2.05, 4.69) is 27.7 Å².